The zero-order chi connectivity index (χ0) is 19.4. The first-order chi connectivity index (χ1) is 12.2. The number of phenols is 2. The lowest BCUT2D eigenvalue weighted by Crippen LogP contribution is -2.19. The lowest BCUT2D eigenvalue weighted by molar-refractivity contribution is -0.147. The third-order valence-corrected chi connectivity index (χ3v) is 3.49. The van der Waals surface area contributed by atoms with Crippen LogP contribution >= 0.6 is 0 Å². The van der Waals surface area contributed by atoms with E-state index in [0.717, 1.165) is 18.2 Å². The predicted octanol–water partition coefficient (Wildman–Crippen LogP) is 0.863. The molecule has 2 aromatic rings. The molecule has 2 atom stereocenters. The summed E-state index contributed by atoms with van der Waals surface area (Å²) in [5, 5.41) is 47.6. The van der Waals surface area contributed by atoms with Gasteiger partial charge in [0, 0.05) is 0 Å². The normalized spacial score (nSPS) is 12.9. The number of phenolic OH excluding ortho intramolecular Hbond substituents is 2. The molecule has 0 radical (unpaired) electrons. The van der Waals surface area contributed by atoms with Gasteiger partial charge in [-0.2, -0.15) is 0 Å². The van der Waals surface area contributed by atoms with E-state index in [-0.39, 0.29) is 22.6 Å². The van der Waals surface area contributed by atoms with E-state index in [1.165, 1.54) is 25.3 Å². The number of methoxy groups -OCH3 is 1. The first-order valence-corrected chi connectivity index (χ1v) is 7.25. The molecule has 138 valence electrons. The van der Waals surface area contributed by atoms with Crippen LogP contribution < -0.4 is 9.47 Å². The summed E-state index contributed by atoms with van der Waals surface area (Å²) in [5.74, 6) is -3.78. The molecule has 9 nitrogen and oxygen atoms in total. The topological polar surface area (TPSA) is 154 Å². The molecule has 0 aliphatic rings. The second-order valence-electron chi connectivity index (χ2n) is 5.22. The zero-order valence-corrected chi connectivity index (χ0v) is 13.5. The van der Waals surface area contributed by atoms with Gasteiger partial charge in [-0.1, -0.05) is 12.1 Å². The van der Waals surface area contributed by atoms with Gasteiger partial charge in [-0.15, -0.1) is 0 Å². The van der Waals surface area contributed by atoms with Gasteiger partial charge < -0.3 is 35.0 Å². The number of aliphatic carboxylic acids is 1. The number of rotatable bonds is 6. The summed E-state index contributed by atoms with van der Waals surface area (Å²) in [7, 11) is 1.29. The maximum Gasteiger partial charge on any atom is 0.345 e. The average molecular weight is 364 g/mol. The van der Waals surface area contributed by atoms with Crippen molar-refractivity contribution in [2.45, 2.75) is 12.2 Å². The Kier molecular flexibility index (Phi) is 5.65. The standard InChI is InChI=1S/C17H16O9/c1-25-12-6-9(3-4-10(12)18)15(21)17(24)26-13-7-8(2-5-11(13)19)14(20)16(22)23/h2-7,14-15,18-21H,1H3,(H,22,23)/t14-,15-/m1/s1. The van der Waals surface area contributed by atoms with E-state index in [4.69, 9.17) is 14.6 Å². The fraction of sp³-hybridized carbons (Fsp3) is 0.176. The first kappa shape index (κ1) is 19.0. The summed E-state index contributed by atoms with van der Waals surface area (Å²) in [4.78, 5) is 22.9. The van der Waals surface area contributed by atoms with Crippen LogP contribution in [0.4, 0.5) is 0 Å². The predicted molar refractivity (Wildman–Crippen MR) is 86.0 cm³/mol. The molecule has 0 unspecified atom stereocenters. The molecule has 9 heteroatoms. The summed E-state index contributed by atoms with van der Waals surface area (Å²) < 4.78 is 9.77. The molecule has 26 heavy (non-hydrogen) atoms. The minimum Gasteiger partial charge on any atom is -0.504 e. The van der Waals surface area contributed by atoms with Crippen molar-refractivity contribution in [1.29, 1.82) is 0 Å². The number of carboxylic acid groups (broad SMARTS) is 1. The number of esters is 1. The summed E-state index contributed by atoms with van der Waals surface area (Å²) >= 11 is 0. The second-order valence-corrected chi connectivity index (χ2v) is 5.22. The third kappa shape index (κ3) is 4.02. The van der Waals surface area contributed by atoms with E-state index in [9.17, 15) is 30.0 Å². The van der Waals surface area contributed by atoms with Crippen molar-refractivity contribution >= 4 is 11.9 Å². The molecule has 5 N–H and O–H groups in total. The molecule has 0 fully saturated rings. The molecule has 2 aromatic carbocycles. The number of ether oxygens (including phenoxy) is 2. The Morgan fingerprint density at radius 3 is 1.92 bits per heavy atom. The van der Waals surface area contributed by atoms with Crippen LogP contribution in [0, 0.1) is 0 Å². The zero-order valence-electron chi connectivity index (χ0n) is 13.5. The highest BCUT2D eigenvalue weighted by atomic mass is 16.6. The van der Waals surface area contributed by atoms with Crippen molar-refractivity contribution in [1.82, 2.24) is 0 Å². The number of benzene rings is 2. The highest BCUT2D eigenvalue weighted by Gasteiger charge is 2.24. The second kappa shape index (κ2) is 7.72. The van der Waals surface area contributed by atoms with Crippen molar-refractivity contribution in [3.63, 3.8) is 0 Å². The van der Waals surface area contributed by atoms with Gasteiger partial charge >= 0.3 is 11.9 Å². The number of hydrogen-bond acceptors (Lipinski definition) is 8. The van der Waals surface area contributed by atoms with Crippen LogP contribution in [0.3, 0.4) is 0 Å². The maximum absolute atomic E-state index is 12.1. The van der Waals surface area contributed by atoms with Crippen LogP contribution in [0.2, 0.25) is 0 Å². The van der Waals surface area contributed by atoms with E-state index in [1.807, 2.05) is 0 Å². The number of carboxylic acids is 1. The Balaban J connectivity index is 2.23. The lowest BCUT2D eigenvalue weighted by atomic mass is 10.1. The summed E-state index contributed by atoms with van der Waals surface area (Å²) in [5.41, 5.74) is -0.0650. The molecule has 0 amide bonds. The molecular weight excluding hydrogens is 348 g/mol. The molecule has 0 bridgehead atoms. The molecule has 0 saturated heterocycles. The van der Waals surface area contributed by atoms with Crippen molar-refractivity contribution in [2.75, 3.05) is 7.11 Å². The van der Waals surface area contributed by atoms with Crippen molar-refractivity contribution in [3.8, 4) is 23.0 Å². The summed E-state index contributed by atoms with van der Waals surface area (Å²) in [6.07, 6.45) is -3.64. The Morgan fingerprint density at radius 1 is 0.885 bits per heavy atom. The van der Waals surface area contributed by atoms with Crippen LogP contribution in [0.5, 0.6) is 23.0 Å². The van der Waals surface area contributed by atoms with E-state index in [0.29, 0.717) is 0 Å². The fourth-order valence-electron chi connectivity index (χ4n) is 2.09. The van der Waals surface area contributed by atoms with E-state index < -0.39 is 35.6 Å². The molecule has 2 rings (SSSR count). The number of aliphatic hydroxyl groups excluding tert-OH is 2. The SMILES string of the molecule is COc1cc([C@@H](O)C(=O)Oc2cc([C@@H](O)C(=O)O)ccc2O)ccc1O. The van der Waals surface area contributed by atoms with Crippen molar-refractivity contribution in [3.05, 3.63) is 47.5 Å². The number of carbonyl (C=O) groups is 2. The number of hydrogen-bond donors (Lipinski definition) is 5. The van der Waals surface area contributed by atoms with Crippen LogP contribution in [0.1, 0.15) is 23.3 Å². The number of aliphatic hydroxyl groups is 2. The van der Waals surface area contributed by atoms with E-state index >= 15 is 0 Å². The summed E-state index contributed by atoms with van der Waals surface area (Å²) in [6, 6.07) is 6.87. The minimum absolute atomic E-state index is 0.0313. The van der Waals surface area contributed by atoms with Gasteiger partial charge in [0.1, 0.15) is 0 Å². The molecule has 0 aliphatic heterocycles. The monoisotopic (exact) mass is 364 g/mol. The van der Waals surface area contributed by atoms with Gasteiger partial charge in [0.05, 0.1) is 7.11 Å². The Labute approximate surface area is 147 Å². The van der Waals surface area contributed by atoms with Gasteiger partial charge in [-0.3, -0.25) is 0 Å². The molecule has 0 heterocycles. The molecule has 0 aliphatic carbocycles. The van der Waals surface area contributed by atoms with Gasteiger partial charge in [0.25, 0.3) is 0 Å². The highest BCUT2D eigenvalue weighted by molar-refractivity contribution is 5.80. The molecule has 0 aromatic heterocycles. The largest absolute Gasteiger partial charge is 0.504 e. The van der Waals surface area contributed by atoms with Crippen molar-refractivity contribution < 1.29 is 44.6 Å². The van der Waals surface area contributed by atoms with Gasteiger partial charge in [-0.25, -0.2) is 9.59 Å². The van der Waals surface area contributed by atoms with Crippen LogP contribution in [-0.4, -0.2) is 44.6 Å². The van der Waals surface area contributed by atoms with Gasteiger partial charge in [-0.05, 0) is 35.4 Å². The molecule has 0 saturated carbocycles. The quantitative estimate of drug-likeness (QED) is 0.371. The number of carbonyl (C=O) groups excluding carboxylic acids is 1. The van der Waals surface area contributed by atoms with Crippen LogP contribution in [-0.2, 0) is 9.59 Å². The maximum atomic E-state index is 12.1. The minimum atomic E-state index is -1.88. The van der Waals surface area contributed by atoms with Gasteiger partial charge in [0.15, 0.2) is 35.2 Å². The fourth-order valence-corrected chi connectivity index (χ4v) is 2.09. The van der Waals surface area contributed by atoms with Crippen LogP contribution in [0.25, 0.3) is 0 Å². The van der Waals surface area contributed by atoms with Crippen LogP contribution in [0.15, 0.2) is 36.4 Å². The highest BCUT2D eigenvalue weighted by Crippen LogP contribution is 2.32. The number of aromatic hydroxyl groups is 2. The van der Waals surface area contributed by atoms with Crippen molar-refractivity contribution in [2.24, 2.45) is 0 Å². The first-order valence-electron chi connectivity index (χ1n) is 7.25. The lowest BCUT2D eigenvalue weighted by Gasteiger charge is -2.14. The molecular formula is C17H16O9. The van der Waals surface area contributed by atoms with E-state index in [2.05, 4.69) is 0 Å². The summed E-state index contributed by atoms with van der Waals surface area (Å²) in [6.45, 7) is 0. The third-order valence-electron chi connectivity index (χ3n) is 3.49. The smallest absolute Gasteiger partial charge is 0.345 e. The van der Waals surface area contributed by atoms with E-state index in [1.54, 1.807) is 0 Å². The Bertz CT molecular complexity index is 831. The Hall–Kier alpha value is -3.30. The molecule has 0 spiro atoms. The Morgan fingerprint density at radius 2 is 1.38 bits per heavy atom. The average Bonchev–Trinajstić information content (AvgIpc) is 2.62. The van der Waals surface area contributed by atoms with Gasteiger partial charge in [0.2, 0.25) is 0 Å².